The zero-order valence-corrected chi connectivity index (χ0v) is 16.4. The first-order chi connectivity index (χ1) is 12.6. The molecule has 2 aliphatic rings. The van der Waals surface area contributed by atoms with Gasteiger partial charge in [0.1, 0.15) is 0 Å². The van der Waals surface area contributed by atoms with Gasteiger partial charge in [0.2, 0.25) is 0 Å². The van der Waals surface area contributed by atoms with Gasteiger partial charge in [0.25, 0.3) is 0 Å². The van der Waals surface area contributed by atoms with Crippen LogP contribution in [0.1, 0.15) is 74.1 Å². The third kappa shape index (κ3) is 3.47. The fourth-order valence-corrected chi connectivity index (χ4v) is 4.60. The molecule has 2 aliphatic heterocycles. The van der Waals surface area contributed by atoms with Gasteiger partial charge in [-0.25, -0.2) is 0 Å². The van der Waals surface area contributed by atoms with Gasteiger partial charge in [0.15, 0.2) is 0 Å². The Morgan fingerprint density at radius 1 is 1.04 bits per heavy atom. The van der Waals surface area contributed by atoms with E-state index in [2.05, 4.69) is 67.8 Å². The number of benzene rings is 2. The van der Waals surface area contributed by atoms with Gasteiger partial charge in [-0.3, -0.25) is 0 Å². The van der Waals surface area contributed by atoms with Gasteiger partial charge in [-0.15, -0.1) is 0 Å². The number of fused-ring (bicyclic) bond motifs is 2. The lowest BCUT2D eigenvalue weighted by Crippen LogP contribution is -2.27. The zero-order chi connectivity index (χ0) is 18.1. The van der Waals surface area contributed by atoms with Crippen molar-refractivity contribution in [2.24, 2.45) is 0 Å². The minimum Gasteiger partial charge on any atom is -0.385 e. The van der Waals surface area contributed by atoms with Crippen molar-refractivity contribution in [1.82, 2.24) is 0 Å². The standard InChI is InChI=1S/C24H32N2/c1-16(2)20-10-9-18-11-12-21(26-23(18)15-20)14-17(3)22-8-4-6-19-7-5-13-25-24(19)22/h4,6,8-10,15-17,21,25-26H,5,7,11-14H2,1-3H3. The summed E-state index contributed by atoms with van der Waals surface area (Å²) in [5.74, 6) is 1.16. The molecule has 26 heavy (non-hydrogen) atoms. The summed E-state index contributed by atoms with van der Waals surface area (Å²) in [5.41, 5.74) is 8.72. The van der Waals surface area contributed by atoms with Crippen LogP contribution < -0.4 is 10.6 Å². The van der Waals surface area contributed by atoms with E-state index in [1.54, 1.807) is 0 Å². The van der Waals surface area contributed by atoms with E-state index >= 15 is 0 Å². The molecular formula is C24H32N2. The smallest absolute Gasteiger partial charge is 0.0408 e. The van der Waals surface area contributed by atoms with E-state index in [1.165, 1.54) is 65.7 Å². The fraction of sp³-hybridized carbons (Fsp3) is 0.500. The Hall–Kier alpha value is -1.96. The van der Waals surface area contributed by atoms with E-state index in [0.29, 0.717) is 17.9 Å². The van der Waals surface area contributed by atoms with Gasteiger partial charge in [-0.05, 0) is 72.3 Å². The molecule has 2 atom stereocenters. The SMILES string of the molecule is CC(C)c1ccc2c(c1)NC(CC(C)c1cccc3c1NCCC3)CC2. The molecule has 0 saturated carbocycles. The molecule has 2 heteroatoms. The molecule has 4 rings (SSSR count). The lowest BCUT2D eigenvalue weighted by molar-refractivity contribution is 0.536. The monoisotopic (exact) mass is 348 g/mol. The summed E-state index contributed by atoms with van der Waals surface area (Å²) in [7, 11) is 0. The number of rotatable bonds is 4. The fourth-order valence-electron chi connectivity index (χ4n) is 4.60. The molecule has 0 saturated heterocycles. The molecule has 138 valence electrons. The molecule has 0 radical (unpaired) electrons. The molecule has 2 nitrogen and oxygen atoms in total. The summed E-state index contributed by atoms with van der Waals surface area (Å²) >= 11 is 0. The summed E-state index contributed by atoms with van der Waals surface area (Å²) < 4.78 is 0. The number of hydrogen-bond donors (Lipinski definition) is 2. The second kappa shape index (κ2) is 7.34. The highest BCUT2D eigenvalue weighted by molar-refractivity contribution is 5.61. The van der Waals surface area contributed by atoms with Crippen LogP contribution in [-0.2, 0) is 12.8 Å². The Bertz CT molecular complexity index is 778. The van der Waals surface area contributed by atoms with Gasteiger partial charge in [0.05, 0.1) is 0 Å². The quantitative estimate of drug-likeness (QED) is 0.699. The first kappa shape index (κ1) is 17.5. The Kier molecular flexibility index (Phi) is 4.93. The average molecular weight is 349 g/mol. The van der Waals surface area contributed by atoms with Crippen LogP contribution in [0.15, 0.2) is 36.4 Å². The molecule has 0 spiro atoms. The van der Waals surface area contributed by atoms with Crippen molar-refractivity contribution in [2.45, 2.75) is 70.8 Å². The van der Waals surface area contributed by atoms with Crippen molar-refractivity contribution < 1.29 is 0 Å². The predicted octanol–water partition coefficient (Wildman–Crippen LogP) is 6.09. The van der Waals surface area contributed by atoms with Crippen LogP contribution in [0.25, 0.3) is 0 Å². The summed E-state index contributed by atoms with van der Waals surface area (Å²) in [4.78, 5) is 0. The van der Waals surface area contributed by atoms with E-state index < -0.39 is 0 Å². The van der Waals surface area contributed by atoms with Crippen LogP contribution in [0.5, 0.6) is 0 Å². The lowest BCUT2D eigenvalue weighted by atomic mass is 9.85. The maximum Gasteiger partial charge on any atom is 0.0408 e. The topological polar surface area (TPSA) is 24.1 Å². The molecule has 2 unspecified atom stereocenters. The molecule has 2 heterocycles. The van der Waals surface area contributed by atoms with Gasteiger partial charge in [-0.2, -0.15) is 0 Å². The van der Waals surface area contributed by atoms with Gasteiger partial charge in [0, 0.05) is 24.0 Å². The first-order valence-electron chi connectivity index (χ1n) is 10.4. The first-order valence-corrected chi connectivity index (χ1v) is 10.4. The van der Waals surface area contributed by atoms with Crippen molar-refractivity contribution in [3.8, 4) is 0 Å². The summed E-state index contributed by atoms with van der Waals surface area (Å²) in [6.07, 6.45) is 6.10. The predicted molar refractivity (Wildman–Crippen MR) is 113 cm³/mol. The van der Waals surface area contributed by atoms with Crippen LogP contribution in [0, 0.1) is 0 Å². The Morgan fingerprint density at radius 3 is 2.77 bits per heavy atom. The van der Waals surface area contributed by atoms with Crippen molar-refractivity contribution in [2.75, 3.05) is 17.2 Å². The highest BCUT2D eigenvalue weighted by Crippen LogP contribution is 2.36. The molecule has 0 aliphatic carbocycles. The second-order valence-corrected chi connectivity index (χ2v) is 8.50. The van der Waals surface area contributed by atoms with Crippen LogP contribution in [0.2, 0.25) is 0 Å². The van der Waals surface area contributed by atoms with Crippen LogP contribution in [0.3, 0.4) is 0 Å². The summed E-state index contributed by atoms with van der Waals surface area (Å²) in [6.45, 7) is 8.06. The number of anilines is 2. The maximum atomic E-state index is 3.85. The minimum absolute atomic E-state index is 0.569. The lowest BCUT2D eigenvalue weighted by Gasteiger charge is -2.31. The molecule has 0 aromatic heterocycles. The Balaban J connectivity index is 1.49. The van der Waals surface area contributed by atoms with E-state index in [9.17, 15) is 0 Å². The summed E-state index contributed by atoms with van der Waals surface area (Å²) in [6, 6.07) is 14.4. The highest BCUT2D eigenvalue weighted by atomic mass is 14.9. The van der Waals surface area contributed by atoms with Crippen molar-refractivity contribution in [1.29, 1.82) is 0 Å². The third-order valence-corrected chi connectivity index (χ3v) is 6.20. The zero-order valence-electron chi connectivity index (χ0n) is 16.4. The third-order valence-electron chi connectivity index (χ3n) is 6.20. The molecule has 2 aromatic rings. The Labute approximate surface area is 158 Å². The Morgan fingerprint density at radius 2 is 1.92 bits per heavy atom. The number of para-hydroxylation sites is 1. The molecule has 2 aromatic carbocycles. The number of nitrogens with one attached hydrogen (secondary N) is 2. The van der Waals surface area contributed by atoms with Gasteiger partial charge >= 0.3 is 0 Å². The van der Waals surface area contributed by atoms with E-state index in [4.69, 9.17) is 0 Å². The molecule has 0 amide bonds. The second-order valence-electron chi connectivity index (χ2n) is 8.50. The normalized spacial score (nSPS) is 19.9. The number of hydrogen-bond acceptors (Lipinski definition) is 2. The van der Waals surface area contributed by atoms with Crippen molar-refractivity contribution >= 4 is 11.4 Å². The maximum absolute atomic E-state index is 3.85. The molecule has 0 fully saturated rings. The molecule has 2 N–H and O–H groups in total. The largest absolute Gasteiger partial charge is 0.385 e. The molecular weight excluding hydrogens is 316 g/mol. The van der Waals surface area contributed by atoms with Gasteiger partial charge < -0.3 is 10.6 Å². The van der Waals surface area contributed by atoms with Crippen LogP contribution >= 0.6 is 0 Å². The average Bonchev–Trinajstić information content (AvgIpc) is 2.66. The van der Waals surface area contributed by atoms with Gasteiger partial charge in [-0.1, -0.05) is 51.1 Å². The van der Waals surface area contributed by atoms with E-state index in [0.717, 1.165) is 6.54 Å². The van der Waals surface area contributed by atoms with Crippen LogP contribution in [0.4, 0.5) is 11.4 Å². The summed E-state index contributed by atoms with van der Waals surface area (Å²) in [5, 5.41) is 7.52. The van der Waals surface area contributed by atoms with Crippen molar-refractivity contribution in [3.63, 3.8) is 0 Å². The van der Waals surface area contributed by atoms with E-state index in [-0.39, 0.29) is 0 Å². The van der Waals surface area contributed by atoms with Crippen LogP contribution in [-0.4, -0.2) is 12.6 Å². The van der Waals surface area contributed by atoms with Crippen molar-refractivity contribution in [3.05, 3.63) is 58.7 Å². The molecule has 0 bridgehead atoms. The number of aryl methyl sites for hydroxylation is 2. The highest BCUT2D eigenvalue weighted by Gasteiger charge is 2.23. The van der Waals surface area contributed by atoms with E-state index in [1.807, 2.05) is 0 Å². The minimum atomic E-state index is 0.569.